The average Bonchev–Trinajstić information content (AvgIpc) is 2.93. The number of aryl methyl sites for hydroxylation is 2. The lowest BCUT2D eigenvalue weighted by atomic mass is 10.1. The maximum Gasteiger partial charge on any atom is 0.251 e. The van der Waals surface area contributed by atoms with Crippen LogP contribution in [0.2, 0.25) is 0 Å². The molecule has 3 rings (SSSR count). The molecule has 0 aliphatic rings. The molecule has 0 fully saturated rings. The highest BCUT2D eigenvalue weighted by Gasteiger charge is 2.07. The molecule has 3 aromatic rings. The van der Waals surface area contributed by atoms with Gasteiger partial charge >= 0.3 is 0 Å². The molecule has 3 nitrogen and oxygen atoms in total. The number of fused-ring (bicyclic) bond motifs is 1. The Morgan fingerprint density at radius 3 is 2.73 bits per heavy atom. The van der Waals surface area contributed by atoms with Gasteiger partial charge in [-0.2, -0.15) is 0 Å². The Kier molecular flexibility index (Phi) is 3.96. The molecular formula is C19H20N2O. The summed E-state index contributed by atoms with van der Waals surface area (Å²) in [5.41, 5.74) is 5.44. The van der Waals surface area contributed by atoms with Crippen molar-refractivity contribution in [1.29, 1.82) is 0 Å². The van der Waals surface area contributed by atoms with E-state index < -0.39 is 0 Å². The number of aromatic nitrogens is 1. The second-order valence-corrected chi connectivity index (χ2v) is 5.66. The van der Waals surface area contributed by atoms with Gasteiger partial charge < -0.3 is 10.3 Å². The van der Waals surface area contributed by atoms with E-state index in [0.29, 0.717) is 6.54 Å². The highest BCUT2D eigenvalue weighted by Crippen LogP contribution is 2.17. The van der Waals surface area contributed by atoms with Gasteiger partial charge in [0.2, 0.25) is 0 Å². The number of amides is 1. The molecule has 0 aliphatic carbocycles. The highest BCUT2D eigenvalue weighted by atomic mass is 16.1. The molecule has 2 N–H and O–H groups in total. The molecule has 0 atom stereocenters. The summed E-state index contributed by atoms with van der Waals surface area (Å²) in [7, 11) is 0. The summed E-state index contributed by atoms with van der Waals surface area (Å²) in [6.07, 6.45) is 2.84. The Hall–Kier alpha value is -2.55. The summed E-state index contributed by atoms with van der Waals surface area (Å²) in [5.74, 6) is -0.0112. The van der Waals surface area contributed by atoms with E-state index in [1.807, 2.05) is 50.4 Å². The molecule has 3 heteroatoms. The van der Waals surface area contributed by atoms with Gasteiger partial charge in [0.25, 0.3) is 5.91 Å². The number of H-pyrrole nitrogens is 1. The molecule has 1 aromatic heterocycles. The minimum Gasteiger partial charge on any atom is -0.361 e. The summed E-state index contributed by atoms with van der Waals surface area (Å²) in [6, 6.07) is 14.0. The number of hydrogen-bond acceptors (Lipinski definition) is 1. The van der Waals surface area contributed by atoms with Gasteiger partial charge in [-0.25, -0.2) is 0 Å². The molecule has 0 radical (unpaired) electrons. The third kappa shape index (κ3) is 2.89. The first kappa shape index (κ1) is 14.4. The van der Waals surface area contributed by atoms with Crippen molar-refractivity contribution in [3.05, 3.63) is 70.9 Å². The van der Waals surface area contributed by atoms with Crippen molar-refractivity contribution >= 4 is 16.8 Å². The zero-order valence-corrected chi connectivity index (χ0v) is 12.9. The van der Waals surface area contributed by atoms with Crippen LogP contribution in [0.1, 0.15) is 27.0 Å². The summed E-state index contributed by atoms with van der Waals surface area (Å²) in [6.45, 7) is 4.71. The van der Waals surface area contributed by atoms with Crippen molar-refractivity contribution in [2.45, 2.75) is 20.3 Å². The molecule has 0 bridgehead atoms. The van der Waals surface area contributed by atoms with Crippen LogP contribution < -0.4 is 5.32 Å². The van der Waals surface area contributed by atoms with Gasteiger partial charge in [-0.3, -0.25) is 4.79 Å². The largest absolute Gasteiger partial charge is 0.361 e. The molecule has 0 spiro atoms. The second-order valence-electron chi connectivity index (χ2n) is 5.66. The number of rotatable bonds is 4. The van der Waals surface area contributed by atoms with Crippen LogP contribution >= 0.6 is 0 Å². The number of carbonyl (C=O) groups excluding carboxylic acids is 1. The average molecular weight is 292 g/mol. The quantitative estimate of drug-likeness (QED) is 0.755. The fourth-order valence-corrected chi connectivity index (χ4v) is 2.63. The first-order chi connectivity index (χ1) is 10.6. The van der Waals surface area contributed by atoms with E-state index in [9.17, 15) is 4.79 Å². The van der Waals surface area contributed by atoms with E-state index in [4.69, 9.17) is 0 Å². The third-order valence-electron chi connectivity index (χ3n) is 4.12. The van der Waals surface area contributed by atoms with Crippen molar-refractivity contribution in [1.82, 2.24) is 10.3 Å². The van der Waals surface area contributed by atoms with Gasteiger partial charge in [0, 0.05) is 29.2 Å². The molecule has 0 unspecified atom stereocenters. The Labute approximate surface area is 130 Å². The van der Waals surface area contributed by atoms with Crippen LogP contribution in [-0.4, -0.2) is 17.4 Å². The Morgan fingerprint density at radius 1 is 1.09 bits per heavy atom. The van der Waals surface area contributed by atoms with Crippen molar-refractivity contribution in [2.75, 3.05) is 6.54 Å². The van der Waals surface area contributed by atoms with E-state index in [1.54, 1.807) is 0 Å². The Balaban J connectivity index is 1.63. The first-order valence-electron chi connectivity index (χ1n) is 7.55. The lowest BCUT2D eigenvalue weighted by Crippen LogP contribution is -2.25. The van der Waals surface area contributed by atoms with Crippen LogP contribution in [-0.2, 0) is 6.42 Å². The number of aromatic amines is 1. The van der Waals surface area contributed by atoms with Crippen LogP contribution in [0.25, 0.3) is 10.9 Å². The molecule has 2 aromatic carbocycles. The molecule has 112 valence electrons. The Bertz CT molecular complexity index is 817. The molecule has 1 amide bonds. The summed E-state index contributed by atoms with van der Waals surface area (Å²) < 4.78 is 0. The highest BCUT2D eigenvalue weighted by molar-refractivity contribution is 5.94. The van der Waals surface area contributed by atoms with E-state index >= 15 is 0 Å². The van der Waals surface area contributed by atoms with Gasteiger partial charge in [-0.15, -0.1) is 0 Å². The molecule has 1 heterocycles. The number of carbonyl (C=O) groups is 1. The maximum atomic E-state index is 12.2. The summed E-state index contributed by atoms with van der Waals surface area (Å²) in [4.78, 5) is 15.4. The van der Waals surface area contributed by atoms with Gasteiger partial charge in [0.1, 0.15) is 0 Å². The smallest absolute Gasteiger partial charge is 0.251 e. The minimum atomic E-state index is -0.0112. The monoisotopic (exact) mass is 292 g/mol. The number of para-hydroxylation sites is 1. The van der Waals surface area contributed by atoms with Gasteiger partial charge in [-0.05, 0) is 55.2 Å². The predicted octanol–water partition coefficient (Wildman–Crippen LogP) is 3.76. The van der Waals surface area contributed by atoms with E-state index in [0.717, 1.165) is 23.1 Å². The van der Waals surface area contributed by atoms with Crippen molar-refractivity contribution < 1.29 is 4.79 Å². The van der Waals surface area contributed by atoms with Gasteiger partial charge in [0.15, 0.2) is 0 Å². The van der Waals surface area contributed by atoms with Crippen LogP contribution in [0.5, 0.6) is 0 Å². The molecule has 0 saturated heterocycles. The summed E-state index contributed by atoms with van der Waals surface area (Å²) >= 11 is 0. The molecule has 0 aliphatic heterocycles. The van der Waals surface area contributed by atoms with Crippen LogP contribution in [0.4, 0.5) is 0 Å². The van der Waals surface area contributed by atoms with Gasteiger partial charge in [0.05, 0.1) is 0 Å². The normalized spacial score (nSPS) is 10.8. The topological polar surface area (TPSA) is 44.9 Å². The first-order valence-corrected chi connectivity index (χ1v) is 7.55. The number of benzene rings is 2. The Morgan fingerprint density at radius 2 is 1.91 bits per heavy atom. The van der Waals surface area contributed by atoms with Crippen molar-refractivity contribution in [3.8, 4) is 0 Å². The third-order valence-corrected chi connectivity index (χ3v) is 4.12. The molecule has 22 heavy (non-hydrogen) atoms. The van der Waals surface area contributed by atoms with E-state index in [-0.39, 0.29) is 5.91 Å². The van der Waals surface area contributed by atoms with Gasteiger partial charge in [-0.1, -0.05) is 24.3 Å². The van der Waals surface area contributed by atoms with Crippen LogP contribution in [0.15, 0.2) is 48.7 Å². The molecule has 0 saturated carbocycles. The summed E-state index contributed by atoms with van der Waals surface area (Å²) in [5, 5.41) is 4.22. The minimum absolute atomic E-state index is 0.0112. The lowest BCUT2D eigenvalue weighted by Gasteiger charge is -2.07. The maximum absolute atomic E-state index is 12.2. The fraction of sp³-hybridized carbons (Fsp3) is 0.211. The number of hydrogen-bond donors (Lipinski definition) is 2. The zero-order valence-electron chi connectivity index (χ0n) is 12.9. The number of nitrogens with one attached hydrogen (secondary N) is 2. The van der Waals surface area contributed by atoms with E-state index in [2.05, 4.69) is 22.4 Å². The molecular weight excluding hydrogens is 272 g/mol. The van der Waals surface area contributed by atoms with Crippen molar-refractivity contribution in [3.63, 3.8) is 0 Å². The van der Waals surface area contributed by atoms with E-state index in [1.165, 1.54) is 16.5 Å². The second kappa shape index (κ2) is 6.06. The standard InChI is InChI=1S/C19H20N2O/c1-13-7-8-15(11-14(13)2)19(22)20-10-9-16-12-21-18-6-4-3-5-17(16)18/h3-8,11-12,21H,9-10H2,1-2H3,(H,20,22). The SMILES string of the molecule is Cc1ccc(C(=O)NCCc2c[nH]c3ccccc23)cc1C. The fourth-order valence-electron chi connectivity index (χ4n) is 2.63. The zero-order chi connectivity index (χ0) is 15.5. The van der Waals surface area contributed by atoms with Crippen molar-refractivity contribution in [2.24, 2.45) is 0 Å². The van der Waals surface area contributed by atoms with Crippen LogP contribution in [0.3, 0.4) is 0 Å². The van der Waals surface area contributed by atoms with Crippen LogP contribution in [0, 0.1) is 13.8 Å². The lowest BCUT2D eigenvalue weighted by molar-refractivity contribution is 0.0954. The predicted molar refractivity (Wildman–Crippen MR) is 90.3 cm³/mol.